The smallest absolute Gasteiger partial charge is 0.258 e. The quantitative estimate of drug-likeness (QED) is 0.707. The van der Waals surface area contributed by atoms with Gasteiger partial charge in [0, 0.05) is 0 Å². The average Bonchev–Trinajstić information content (AvgIpc) is 3.21. The average molecular weight is 352 g/mol. The Bertz CT molecular complexity index is 830. The summed E-state index contributed by atoms with van der Waals surface area (Å²) in [5.74, 6) is 1.17. The van der Waals surface area contributed by atoms with Crippen molar-refractivity contribution in [2.24, 2.45) is 0 Å². The van der Waals surface area contributed by atoms with Crippen molar-refractivity contribution in [3.8, 4) is 17.2 Å². The van der Waals surface area contributed by atoms with E-state index in [1.807, 2.05) is 31.2 Å². The third-order valence-electron chi connectivity index (χ3n) is 3.88. The fourth-order valence-corrected chi connectivity index (χ4v) is 2.44. The summed E-state index contributed by atoms with van der Waals surface area (Å²) in [4.78, 5) is 16.0. The number of carbonyl (C=O) groups is 1. The Morgan fingerprint density at radius 1 is 1.12 bits per heavy atom. The van der Waals surface area contributed by atoms with Gasteiger partial charge in [-0.2, -0.15) is 5.10 Å². The van der Waals surface area contributed by atoms with Gasteiger partial charge in [-0.25, -0.2) is 9.67 Å². The van der Waals surface area contributed by atoms with Crippen LogP contribution in [0.1, 0.15) is 18.5 Å². The molecule has 1 N–H and O–H groups in total. The molecule has 0 saturated heterocycles. The molecular weight excluding hydrogens is 332 g/mol. The Balaban J connectivity index is 1.51. The van der Waals surface area contributed by atoms with Gasteiger partial charge in [0.25, 0.3) is 5.91 Å². The van der Waals surface area contributed by atoms with Crippen LogP contribution in [0.4, 0.5) is 0 Å². The largest absolute Gasteiger partial charge is 0.497 e. The van der Waals surface area contributed by atoms with E-state index in [-0.39, 0.29) is 18.6 Å². The van der Waals surface area contributed by atoms with Crippen LogP contribution in [0.25, 0.3) is 5.69 Å². The molecule has 0 saturated carbocycles. The highest BCUT2D eigenvalue weighted by molar-refractivity contribution is 5.78. The summed E-state index contributed by atoms with van der Waals surface area (Å²) in [5.41, 5.74) is 1.90. The molecule has 0 radical (unpaired) electrons. The maximum absolute atomic E-state index is 12.1. The predicted molar refractivity (Wildman–Crippen MR) is 96.4 cm³/mol. The van der Waals surface area contributed by atoms with Crippen molar-refractivity contribution >= 4 is 5.91 Å². The predicted octanol–water partition coefficient (Wildman–Crippen LogP) is 2.53. The molecule has 2 aromatic carbocycles. The zero-order valence-corrected chi connectivity index (χ0v) is 14.6. The molecular formula is C19H20N4O3. The van der Waals surface area contributed by atoms with Gasteiger partial charge in [-0.05, 0) is 48.9 Å². The fraction of sp³-hybridized carbons (Fsp3) is 0.211. The van der Waals surface area contributed by atoms with Crippen LogP contribution in [0.2, 0.25) is 0 Å². The number of nitrogens with one attached hydrogen (secondary N) is 1. The number of methoxy groups -OCH3 is 1. The van der Waals surface area contributed by atoms with E-state index < -0.39 is 0 Å². The summed E-state index contributed by atoms with van der Waals surface area (Å²) in [6.45, 7) is 1.88. The second-order valence-corrected chi connectivity index (χ2v) is 5.68. The van der Waals surface area contributed by atoms with E-state index in [1.54, 1.807) is 42.4 Å². The number of carbonyl (C=O) groups excluding carboxylic acids is 1. The van der Waals surface area contributed by atoms with Crippen LogP contribution in [-0.4, -0.2) is 34.4 Å². The summed E-state index contributed by atoms with van der Waals surface area (Å²) in [6, 6.07) is 14.7. The third-order valence-corrected chi connectivity index (χ3v) is 3.88. The van der Waals surface area contributed by atoms with Crippen molar-refractivity contribution < 1.29 is 14.3 Å². The molecule has 0 aliphatic heterocycles. The second kappa shape index (κ2) is 8.15. The standard InChI is InChI=1S/C19H20N4O3/c1-14(15-3-5-16(6-4-15)23-13-20-12-21-23)22-19(24)11-26-18-9-7-17(25-2)8-10-18/h3-10,12-14H,11H2,1-2H3,(H,22,24)/t14-/m0/s1. The van der Waals surface area contributed by atoms with E-state index in [2.05, 4.69) is 15.4 Å². The first-order chi connectivity index (χ1) is 12.7. The van der Waals surface area contributed by atoms with Crippen LogP contribution in [-0.2, 0) is 4.79 Å². The van der Waals surface area contributed by atoms with E-state index in [4.69, 9.17) is 9.47 Å². The van der Waals surface area contributed by atoms with Crippen molar-refractivity contribution in [1.82, 2.24) is 20.1 Å². The molecule has 134 valence electrons. The van der Waals surface area contributed by atoms with Gasteiger partial charge in [-0.3, -0.25) is 4.79 Å². The molecule has 0 unspecified atom stereocenters. The Morgan fingerprint density at radius 2 is 1.81 bits per heavy atom. The van der Waals surface area contributed by atoms with E-state index in [1.165, 1.54) is 6.33 Å². The lowest BCUT2D eigenvalue weighted by molar-refractivity contribution is -0.123. The summed E-state index contributed by atoms with van der Waals surface area (Å²) < 4.78 is 12.2. The van der Waals surface area contributed by atoms with Gasteiger partial charge >= 0.3 is 0 Å². The lowest BCUT2D eigenvalue weighted by atomic mass is 10.1. The van der Waals surface area contributed by atoms with Crippen LogP contribution >= 0.6 is 0 Å². The van der Waals surface area contributed by atoms with Gasteiger partial charge in [0.05, 0.1) is 18.8 Å². The number of rotatable bonds is 7. The van der Waals surface area contributed by atoms with Crippen LogP contribution in [0.15, 0.2) is 61.2 Å². The van der Waals surface area contributed by atoms with Crippen molar-refractivity contribution in [2.45, 2.75) is 13.0 Å². The summed E-state index contributed by atoms with van der Waals surface area (Å²) in [7, 11) is 1.60. The van der Waals surface area contributed by atoms with Crippen molar-refractivity contribution in [2.75, 3.05) is 13.7 Å². The maximum Gasteiger partial charge on any atom is 0.258 e. The molecule has 7 nitrogen and oxygen atoms in total. The normalized spacial score (nSPS) is 11.6. The first-order valence-electron chi connectivity index (χ1n) is 8.17. The number of amides is 1. The zero-order valence-electron chi connectivity index (χ0n) is 14.6. The number of benzene rings is 2. The SMILES string of the molecule is COc1ccc(OCC(=O)N[C@@H](C)c2ccc(-n3cncn3)cc2)cc1. The number of nitrogens with zero attached hydrogens (tertiary/aromatic N) is 3. The Hall–Kier alpha value is -3.35. The molecule has 0 fully saturated rings. The number of aromatic nitrogens is 3. The number of hydrogen-bond donors (Lipinski definition) is 1. The molecule has 3 rings (SSSR count). The molecule has 1 heterocycles. The van der Waals surface area contributed by atoms with Crippen LogP contribution in [0.5, 0.6) is 11.5 Å². The molecule has 0 bridgehead atoms. The fourth-order valence-electron chi connectivity index (χ4n) is 2.44. The van der Waals surface area contributed by atoms with Gasteiger partial charge in [0.15, 0.2) is 6.61 Å². The van der Waals surface area contributed by atoms with E-state index >= 15 is 0 Å². The minimum absolute atomic E-state index is 0.0479. The van der Waals surface area contributed by atoms with Gasteiger partial charge in [0.1, 0.15) is 24.2 Å². The second-order valence-electron chi connectivity index (χ2n) is 5.68. The molecule has 3 aromatic rings. The molecule has 0 spiro atoms. The van der Waals surface area contributed by atoms with E-state index in [0.717, 1.165) is 17.0 Å². The molecule has 26 heavy (non-hydrogen) atoms. The minimum Gasteiger partial charge on any atom is -0.497 e. The molecule has 1 amide bonds. The van der Waals surface area contributed by atoms with Crippen LogP contribution in [0, 0.1) is 0 Å². The van der Waals surface area contributed by atoms with Gasteiger partial charge in [0.2, 0.25) is 0 Å². The van der Waals surface area contributed by atoms with E-state index in [0.29, 0.717) is 5.75 Å². The molecule has 0 aliphatic carbocycles. The van der Waals surface area contributed by atoms with Crippen molar-refractivity contribution in [3.05, 3.63) is 66.7 Å². The zero-order chi connectivity index (χ0) is 18.4. The molecule has 1 atom stereocenters. The molecule has 1 aromatic heterocycles. The lowest BCUT2D eigenvalue weighted by Gasteiger charge is -2.15. The van der Waals surface area contributed by atoms with Crippen molar-refractivity contribution in [1.29, 1.82) is 0 Å². The van der Waals surface area contributed by atoms with E-state index in [9.17, 15) is 4.79 Å². The van der Waals surface area contributed by atoms with Gasteiger partial charge in [-0.1, -0.05) is 12.1 Å². The summed E-state index contributed by atoms with van der Waals surface area (Å²) >= 11 is 0. The first kappa shape index (κ1) is 17.5. The number of ether oxygens (including phenoxy) is 2. The summed E-state index contributed by atoms with van der Waals surface area (Å²) in [5, 5.41) is 7.00. The minimum atomic E-state index is -0.186. The van der Waals surface area contributed by atoms with Crippen LogP contribution < -0.4 is 14.8 Å². The Morgan fingerprint density at radius 3 is 2.42 bits per heavy atom. The van der Waals surface area contributed by atoms with Crippen molar-refractivity contribution in [3.63, 3.8) is 0 Å². The number of hydrogen-bond acceptors (Lipinski definition) is 5. The Labute approximate surface area is 151 Å². The Kier molecular flexibility index (Phi) is 5.48. The highest BCUT2D eigenvalue weighted by atomic mass is 16.5. The third kappa shape index (κ3) is 4.38. The topological polar surface area (TPSA) is 78.3 Å². The van der Waals surface area contributed by atoms with Gasteiger partial charge < -0.3 is 14.8 Å². The molecule has 7 heteroatoms. The lowest BCUT2D eigenvalue weighted by Crippen LogP contribution is -2.31. The van der Waals surface area contributed by atoms with Gasteiger partial charge in [-0.15, -0.1) is 0 Å². The highest BCUT2D eigenvalue weighted by Crippen LogP contribution is 2.17. The summed E-state index contributed by atoms with van der Waals surface area (Å²) in [6.07, 6.45) is 3.12. The maximum atomic E-state index is 12.1. The monoisotopic (exact) mass is 352 g/mol. The molecule has 0 aliphatic rings. The first-order valence-corrected chi connectivity index (χ1v) is 8.17. The van der Waals surface area contributed by atoms with Crippen LogP contribution in [0.3, 0.4) is 0 Å². The highest BCUT2D eigenvalue weighted by Gasteiger charge is 2.10.